The van der Waals surface area contributed by atoms with Crippen LogP contribution in [0.2, 0.25) is 5.04 Å². The van der Waals surface area contributed by atoms with Crippen molar-refractivity contribution in [2.75, 3.05) is 25.7 Å². The molecule has 0 radical (unpaired) electrons. The number of carbonyl (C=O) groups excluding carboxylic acids is 1. The molecule has 212 valence electrons. The number of hydrogen-bond acceptors (Lipinski definition) is 5. The second kappa shape index (κ2) is 12.0. The molecule has 41 heavy (non-hydrogen) atoms. The Balaban J connectivity index is 1.27. The van der Waals surface area contributed by atoms with E-state index in [1.807, 2.05) is 66.8 Å². The zero-order valence-corrected chi connectivity index (χ0v) is 25.3. The van der Waals surface area contributed by atoms with Crippen LogP contribution in [0.25, 0.3) is 0 Å². The number of rotatable bonds is 8. The van der Waals surface area contributed by atoms with Crippen LogP contribution in [0.1, 0.15) is 27.2 Å². The van der Waals surface area contributed by atoms with Crippen molar-refractivity contribution in [1.82, 2.24) is 4.90 Å². The molecule has 7 heteroatoms. The van der Waals surface area contributed by atoms with E-state index in [9.17, 15) is 4.79 Å². The van der Waals surface area contributed by atoms with E-state index in [1.54, 1.807) is 11.9 Å². The third-order valence-corrected chi connectivity index (χ3v) is 13.0. The number of anilines is 1. The topological polar surface area (TPSA) is 63.2 Å². The molecule has 1 unspecified atom stereocenters. The molecule has 3 aromatic carbocycles. The number of carbonyl (C=O) groups is 1. The van der Waals surface area contributed by atoms with Crippen LogP contribution in [-0.4, -0.2) is 50.8 Å². The highest BCUT2D eigenvalue weighted by atomic mass is 28.4. The van der Waals surface area contributed by atoms with Crippen molar-refractivity contribution in [3.05, 3.63) is 115 Å². The molecule has 6 nitrogen and oxygen atoms in total. The molecule has 1 saturated heterocycles. The van der Waals surface area contributed by atoms with Crippen LogP contribution in [0.4, 0.5) is 5.69 Å². The Morgan fingerprint density at radius 2 is 1.46 bits per heavy atom. The fraction of sp³-hybridized carbons (Fsp3) is 0.294. The summed E-state index contributed by atoms with van der Waals surface area (Å²) in [7, 11) is -0.857. The number of benzene rings is 3. The molecule has 0 saturated carbocycles. The fourth-order valence-corrected chi connectivity index (χ4v) is 10.3. The first-order chi connectivity index (χ1) is 19.8. The molecule has 1 fully saturated rings. The summed E-state index contributed by atoms with van der Waals surface area (Å²) in [6.45, 7) is 7.60. The summed E-state index contributed by atoms with van der Waals surface area (Å²) in [5.74, 6) is -0.222. The number of allylic oxidation sites excluding steroid dienone is 2. The zero-order valence-electron chi connectivity index (χ0n) is 24.3. The summed E-state index contributed by atoms with van der Waals surface area (Å²) >= 11 is 0. The maximum Gasteiger partial charge on any atom is 0.261 e. The van der Waals surface area contributed by atoms with Crippen LogP contribution in [0.3, 0.4) is 0 Å². The van der Waals surface area contributed by atoms with E-state index in [-0.39, 0.29) is 16.9 Å². The lowest BCUT2D eigenvalue weighted by molar-refractivity contribution is -0.176. The van der Waals surface area contributed by atoms with Gasteiger partial charge < -0.3 is 14.1 Å². The van der Waals surface area contributed by atoms with E-state index in [0.29, 0.717) is 19.6 Å². The number of ether oxygens (including phenoxy) is 1. The molecular weight excluding hydrogens is 526 g/mol. The first-order valence-electron chi connectivity index (χ1n) is 14.2. The molecule has 2 aliphatic rings. The largest absolute Gasteiger partial charge is 0.407 e. The Labute approximate surface area is 244 Å². The molecule has 3 aromatic rings. The van der Waals surface area contributed by atoms with Gasteiger partial charge in [0.05, 0.1) is 23.9 Å². The highest BCUT2D eigenvalue weighted by Gasteiger charge is 2.50. The van der Waals surface area contributed by atoms with Gasteiger partial charge in [-0.25, -0.2) is 0 Å². The van der Waals surface area contributed by atoms with Crippen LogP contribution in [-0.2, 0) is 14.0 Å². The van der Waals surface area contributed by atoms with Crippen LogP contribution in [0.5, 0.6) is 0 Å². The molecule has 1 amide bonds. The average Bonchev–Trinajstić information content (AvgIpc) is 3.00. The van der Waals surface area contributed by atoms with Gasteiger partial charge in [0.25, 0.3) is 8.32 Å². The van der Waals surface area contributed by atoms with Crippen LogP contribution >= 0.6 is 0 Å². The van der Waals surface area contributed by atoms with E-state index in [1.165, 1.54) is 10.4 Å². The quantitative estimate of drug-likeness (QED) is 0.296. The predicted molar refractivity (Wildman–Crippen MR) is 169 cm³/mol. The molecule has 1 aliphatic heterocycles. The van der Waals surface area contributed by atoms with E-state index < -0.39 is 14.0 Å². The monoisotopic (exact) mass is 565 g/mol. The average molecular weight is 566 g/mol. The molecule has 1 atom stereocenters. The lowest BCUT2D eigenvalue weighted by Crippen LogP contribution is -2.66. The van der Waals surface area contributed by atoms with Crippen molar-refractivity contribution >= 4 is 36.0 Å². The lowest BCUT2D eigenvalue weighted by Gasteiger charge is -2.45. The van der Waals surface area contributed by atoms with Gasteiger partial charge in [0.2, 0.25) is 5.91 Å². The number of amides is 1. The van der Waals surface area contributed by atoms with Crippen molar-refractivity contribution in [2.24, 2.45) is 11.0 Å². The normalized spacial score (nSPS) is 20.9. The van der Waals surface area contributed by atoms with Gasteiger partial charge in [-0.15, -0.1) is 0 Å². The summed E-state index contributed by atoms with van der Waals surface area (Å²) < 4.78 is 13.4. The van der Waals surface area contributed by atoms with Gasteiger partial charge in [0.1, 0.15) is 0 Å². The fourth-order valence-electron chi connectivity index (χ4n) is 5.73. The maximum absolute atomic E-state index is 13.6. The van der Waals surface area contributed by atoms with Gasteiger partial charge in [0.15, 0.2) is 5.72 Å². The van der Waals surface area contributed by atoms with Crippen LogP contribution < -0.4 is 15.8 Å². The first-order valence-corrected chi connectivity index (χ1v) is 16.1. The Hall–Kier alpha value is -3.78. The third kappa shape index (κ3) is 5.84. The van der Waals surface area contributed by atoms with Gasteiger partial charge in [-0.1, -0.05) is 99.6 Å². The Morgan fingerprint density at radius 1 is 0.927 bits per heavy atom. The number of hydrazone groups is 1. The van der Waals surface area contributed by atoms with Gasteiger partial charge in [-0.2, -0.15) is 5.10 Å². The smallest absolute Gasteiger partial charge is 0.261 e. The number of nitrogens with one attached hydrogen (secondary N) is 1. The summed E-state index contributed by atoms with van der Waals surface area (Å²) in [6.07, 6.45) is 8.14. The van der Waals surface area contributed by atoms with E-state index >= 15 is 0 Å². The highest BCUT2D eigenvalue weighted by Crippen LogP contribution is 2.37. The standard InChI is InChI=1S/C34H39N3O3Si/c1-33(2,3)41(30-16-10-6-11-17-30,31-18-12-7-13-19-31)40-25-22-27-26-39-34(37(4)32(27)38)23-20-29(21-24-34)36-35-28-14-8-5-9-15-28/h5-21,23-24,27,35H,22,25-26H2,1-4H3. The molecule has 1 heterocycles. The predicted octanol–water partition coefficient (Wildman–Crippen LogP) is 5.35. The zero-order chi connectivity index (χ0) is 28.9. The van der Waals surface area contributed by atoms with Gasteiger partial charge >= 0.3 is 0 Å². The van der Waals surface area contributed by atoms with Crippen LogP contribution in [0, 0.1) is 5.92 Å². The molecular formula is C34H39N3O3Si. The van der Waals surface area contributed by atoms with E-state index in [2.05, 4.69) is 79.8 Å². The maximum atomic E-state index is 13.6. The highest BCUT2D eigenvalue weighted by molar-refractivity contribution is 6.99. The molecule has 5 rings (SSSR count). The first kappa shape index (κ1) is 28.7. The number of likely N-dealkylation sites (N-methyl/N-ethyl adjacent to an activating group) is 1. The minimum atomic E-state index is -2.66. The minimum Gasteiger partial charge on any atom is -0.407 e. The number of nitrogens with zero attached hydrogens (tertiary/aromatic N) is 2. The van der Waals surface area contributed by atoms with Crippen molar-refractivity contribution in [3.63, 3.8) is 0 Å². The van der Waals surface area contributed by atoms with Gasteiger partial charge in [-0.05, 0) is 58.3 Å². The lowest BCUT2D eigenvalue weighted by atomic mass is 9.96. The number of para-hydroxylation sites is 1. The molecule has 1 N–H and O–H groups in total. The van der Waals surface area contributed by atoms with Crippen molar-refractivity contribution in [2.45, 2.75) is 38.0 Å². The van der Waals surface area contributed by atoms with Gasteiger partial charge in [-0.3, -0.25) is 10.2 Å². The molecule has 1 spiro atoms. The van der Waals surface area contributed by atoms with E-state index in [4.69, 9.17) is 9.16 Å². The van der Waals surface area contributed by atoms with E-state index in [0.717, 1.165) is 11.4 Å². The molecule has 1 aliphatic carbocycles. The Morgan fingerprint density at radius 3 is 2.00 bits per heavy atom. The second-order valence-electron chi connectivity index (χ2n) is 11.6. The summed E-state index contributed by atoms with van der Waals surface area (Å²) in [4.78, 5) is 15.3. The SMILES string of the molecule is CN1C(=O)C(CCO[Si](c2ccccc2)(c2ccccc2)C(C)(C)C)COC12C=CC(=NNc1ccccc1)C=C2. The van der Waals surface area contributed by atoms with Crippen LogP contribution in [0.15, 0.2) is 120 Å². The van der Waals surface area contributed by atoms with Crippen molar-refractivity contribution in [1.29, 1.82) is 0 Å². The Bertz CT molecular complexity index is 1360. The van der Waals surface area contributed by atoms with Gasteiger partial charge in [0, 0.05) is 13.7 Å². The number of hydrogen-bond donors (Lipinski definition) is 1. The van der Waals surface area contributed by atoms with Crippen molar-refractivity contribution < 1.29 is 14.0 Å². The minimum absolute atomic E-state index is 0.0550. The summed E-state index contributed by atoms with van der Waals surface area (Å²) in [5, 5.41) is 6.80. The molecule has 0 aromatic heterocycles. The summed E-state index contributed by atoms with van der Waals surface area (Å²) in [5.41, 5.74) is 3.81. The molecule has 0 bridgehead atoms. The summed E-state index contributed by atoms with van der Waals surface area (Å²) in [6, 6.07) is 31.0. The van der Waals surface area contributed by atoms with Crippen molar-refractivity contribution in [3.8, 4) is 0 Å². The Kier molecular flexibility index (Phi) is 8.40. The third-order valence-electron chi connectivity index (χ3n) is 8.00. The second-order valence-corrected chi connectivity index (χ2v) is 15.9.